The van der Waals surface area contributed by atoms with Gasteiger partial charge in [-0.3, -0.25) is 0 Å². The van der Waals surface area contributed by atoms with E-state index in [0.717, 1.165) is 28.8 Å². The predicted octanol–water partition coefficient (Wildman–Crippen LogP) is 3.88. The average Bonchev–Trinajstić information content (AvgIpc) is 2.92. The Morgan fingerprint density at radius 3 is 2.58 bits per heavy atom. The number of thiophene rings is 1. The predicted molar refractivity (Wildman–Crippen MR) is 86.3 cm³/mol. The Morgan fingerprint density at radius 2 is 2.00 bits per heavy atom. The summed E-state index contributed by atoms with van der Waals surface area (Å²) >= 11 is 6.73. The summed E-state index contributed by atoms with van der Waals surface area (Å²) in [5.41, 5.74) is 2.39. The molecule has 0 saturated carbocycles. The van der Waals surface area contributed by atoms with Gasteiger partial charge in [-0.05, 0) is 53.3 Å². The van der Waals surface area contributed by atoms with E-state index in [1.54, 1.807) is 0 Å². The Hall–Kier alpha value is -0.670. The molecule has 0 spiro atoms. The Morgan fingerprint density at radius 1 is 1.21 bits per heavy atom. The maximum Gasteiger partial charge on any atom is 0.276 e. The van der Waals surface area contributed by atoms with Gasteiger partial charge in [-0.15, -0.1) is 11.3 Å². The van der Waals surface area contributed by atoms with Gasteiger partial charge < -0.3 is 9.42 Å². The third-order valence-electron chi connectivity index (χ3n) is 2.97. The summed E-state index contributed by atoms with van der Waals surface area (Å²) in [4.78, 5) is 10.4. The molecular formula is C14H17O2PS2. The number of aryl methyl sites for hydroxylation is 1. The molecule has 19 heavy (non-hydrogen) atoms. The maximum absolute atomic E-state index is 10.4. The fourth-order valence-electron chi connectivity index (χ4n) is 2.04. The molecule has 0 aliphatic heterocycles. The van der Waals surface area contributed by atoms with Crippen molar-refractivity contribution in [3.05, 3.63) is 46.8 Å². The minimum atomic E-state index is -2.94. The maximum atomic E-state index is 10.4. The Labute approximate surface area is 123 Å². The van der Waals surface area contributed by atoms with Crippen LogP contribution in [0.5, 0.6) is 5.75 Å². The summed E-state index contributed by atoms with van der Waals surface area (Å²) in [5, 5.41) is 1.90. The summed E-state index contributed by atoms with van der Waals surface area (Å²) in [5.74, 6) is 0.723. The molecule has 0 aliphatic rings. The first-order valence-electron chi connectivity index (χ1n) is 6.25. The van der Waals surface area contributed by atoms with Crippen molar-refractivity contribution in [2.75, 3.05) is 0 Å². The molecular weight excluding hydrogens is 295 g/mol. The molecule has 1 atom stereocenters. The van der Waals surface area contributed by atoms with Crippen molar-refractivity contribution in [1.29, 1.82) is 0 Å². The van der Waals surface area contributed by atoms with Crippen LogP contribution in [0.2, 0.25) is 0 Å². The van der Waals surface area contributed by atoms with E-state index in [2.05, 4.69) is 19.9 Å². The topological polar surface area (TPSA) is 29.5 Å². The largest absolute Gasteiger partial charge is 0.440 e. The van der Waals surface area contributed by atoms with Gasteiger partial charge >= 0.3 is 0 Å². The second kappa shape index (κ2) is 6.19. The molecule has 2 rings (SSSR count). The minimum absolute atomic E-state index is 0.723. The molecule has 5 heteroatoms. The molecule has 102 valence electrons. The van der Waals surface area contributed by atoms with Crippen LogP contribution in [0.3, 0.4) is 0 Å². The van der Waals surface area contributed by atoms with Gasteiger partial charge in [0.1, 0.15) is 5.75 Å². The van der Waals surface area contributed by atoms with E-state index in [0.29, 0.717) is 0 Å². The molecule has 1 aromatic carbocycles. The first-order chi connectivity index (χ1) is 9.08. The monoisotopic (exact) mass is 312 g/mol. The van der Waals surface area contributed by atoms with Gasteiger partial charge in [0, 0.05) is 0 Å². The van der Waals surface area contributed by atoms with Crippen molar-refractivity contribution in [1.82, 2.24) is 0 Å². The highest BCUT2D eigenvalue weighted by atomic mass is 32.5. The van der Waals surface area contributed by atoms with Gasteiger partial charge in [0.2, 0.25) is 0 Å². The van der Waals surface area contributed by atoms with Gasteiger partial charge in [-0.2, -0.15) is 0 Å². The van der Waals surface area contributed by atoms with E-state index in [9.17, 15) is 4.89 Å². The second-order valence-corrected chi connectivity index (χ2v) is 8.60. The zero-order chi connectivity index (χ0) is 13.9. The first-order valence-corrected chi connectivity index (χ1v) is 9.81. The SMILES string of the molecule is CCc1cccc(OP(O)(=S)c2cccs2)c1CC. The standard InChI is InChI=1S/C14H17O2PS2/c1-3-11-7-5-8-13(12(11)4-2)16-17(15,18)14-9-6-10-19-14/h5-10H,3-4H2,1-2H3,(H,15,18). The summed E-state index contributed by atoms with van der Waals surface area (Å²) in [7, 11) is 0. The lowest BCUT2D eigenvalue weighted by Gasteiger charge is -2.19. The molecule has 2 aromatic rings. The highest BCUT2D eigenvalue weighted by Crippen LogP contribution is 2.44. The number of hydrogen-bond acceptors (Lipinski definition) is 3. The van der Waals surface area contributed by atoms with Crippen molar-refractivity contribution in [3.8, 4) is 5.75 Å². The van der Waals surface area contributed by atoms with Crippen molar-refractivity contribution in [3.63, 3.8) is 0 Å². The molecule has 2 nitrogen and oxygen atoms in total. The zero-order valence-corrected chi connectivity index (χ0v) is 13.5. The van der Waals surface area contributed by atoms with Crippen LogP contribution in [0.15, 0.2) is 35.7 Å². The van der Waals surface area contributed by atoms with Gasteiger partial charge in [-0.1, -0.05) is 32.0 Å². The van der Waals surface area contributed by atoms with Crippen molar-refractivity contribution < 1.29 is 9.42 Å². The molecule has 1 aromatic heterocycles. The molecule has 1 unspecified atom stereocenters. The van der Waals surface area contributed by atoms with Crippen molar-refractivity contribution in [2.24, 2.45) is 0 Å². The van der Waals surface area contributed by atoms with Crippen LogP contribution in [0.4, 0.5) is 0 Å². The van der Waals surface area contributed by atoms with Crippen LogP contribution in [-0.4, -0.2) is 4.89 Å². The third-order valence-corrected chi connectivity index (χ3v) is 7.01. The minimum Gasteiger partial charge on any atom is -0.440 e. The van der Waals surface area contributed by atoms with E-state index >= 15 is 0 Å². The zero-order valence-electron chi connectivity index (χ0n) is 11.0. The smallest absolute Gasteiger partial charge is 0.276 e. The van der Waals surface area contributed by atoms with Gasteiger partial charge in [0.25, 0.3) is 6.49 Å². The van der Waals surface area contributed by atoms with Crippen LogP contribution in [0, 0.1) is 0 Å². The lowest BCUT2D eigenvalue weighted by molar-refractivity contribution is 0.493. The van der Waals surface area contributed by atoms with E-state index in [1.165, 1.54) is 16.9 Å². The van der Waals surface area contributed by atoms with Crippen molar-refractivity contribution >= 4 is 34.3 Å². The molecule has 0 bridgehead atoms. The van der Waals surface area contributed by atoms with Crippen molar-refractivity contribution in [2.45, 2.75) is 26.7 Å². The number of benzene rings is 1. The Balaban J connectivity index is 2.36. The fourth-order valence-corrected chi connectivity index (χ4v) is 4.93. The highest BCUT2D eigenvalue weighted by molar-refractivity contribution is 8.14. The normalized spacial score (nSPS) is 14.1. The number of rotatable bonds is 5. The summed E-state index contributed by atoms with van der Waals surface area (Å²) in [6, 6.07) is 9.65. The highest BCUT2D eigenvalue weighted by Gasteiger charge is 2.21. The molecule has 0 amide bonds. The van der Waals surface area contributed by atoms with E-state index in [-0.39, 0.29) is 0 Å². The molecule has 0 fully saturated rings. The quantitative estimate of drug-likeness (QED) is 0.850. The summed E-state index contributed by atoms with van der Waals surface area (Å²) in [6.45, 7) is 1.27. The van der Waals surface area contributed by atoms with E-state index in [4.69, 9.17) is 16.3 Å². The van der Waals surface area contributed by atoms with Gasteiger partial charge in [0.15, 0.2) is 0 Å². The fraction of sp³-hybridized carbons (Fsp3) is 0.286. The van der Waals surface area contributed by atoms with Gasteiger partial charge in [-0.25, -0.2) is 0 Å². The Kier molecular flexibility index (Phi) is 4.80. The summed E-state index contributed by atoms with van der Waals surface area (Å²) < 4.78 is 6.54. The van der Waals surface area contributed by atoms with Crippen LogP contribution >= 0.6 is 17.8 Å². The summed E-state index contributed by atoms with van der Waals surface area (Å²) in [6.07, 6.45) is 1.83. The molecule has 0 saturated heterocycles. The van der Waals surface area contributed by atoms with Crippen LogP contribution in [0.1, 0.15) is 25.0 Å². The lowest BCUT2D eigenvalue weighted by Crippen LogP contribution is -2.06. The number of hydrogen-bond donors (Lipinski definition) is 1. The Bertz CT molecular complexity index is 593. The average molecular weight is 312 g/mol. The molecule has 1 heterocycles. The first kappa shape index (κ1) is 14.7. The second-order valence-electron chi connectivity index (χ2n) is 4.16. The van der Waals surface area contributed by atoms with Crippen LogP contribution in [0.25, 0.3) is 0 Å². The molecule has 0 radical (unpaired) electrons. The van der Waals surface area contributed by atoms with E-state index in [1.807, 2.05) is 29.6 Å². The lowest BCUT2D eigenvalue weighted by atomic mass is 10.0. The molecule has 0 aliphatic carbocycles. The van der Waals surface area contributed by atoms with Crippen LogP contribution < -0.4 is 9.14 Å². The molecule has 1 N–H and O–H groups in total. The third kappa shape index (κ3) is 3.26. The van der Waals surface area contributed by atoms with Crippen LogP contribution in [-0.2, 0) is 24.6 Å². The van der Waals surface area contributed by atoms with Gasteiger partial charge in [0.05, 0.1) is 4.62 Å². The van der Waals surface area contributed by atoms with E-state index < -0.39 is 6.49 Å².